The molecular weight excluding hydrogens is 495 g/mol. The molecule has 0 saturated carbocycles. The van der Waals surface area contributed by atoms with Gasteiger partial charge in [0.15, 0.2) is 17.4 Å². The van der Waals surface area contributed by atoms with Crippen LogP contribution in [0.1, 0.15) is 17.0 Å². The van der Waals surface area contributed by atoms with E-state index in [-0.39, 0.29) is 24.0 Å². The summed E-state index contributed by atoms with van der Waals surface area (Å²) in [4.78, 5) is 4.26. The zero-order valence-corrected chi connectivity index (χ0v) is 17.9. The second-order valence-electron chi connectivity index (χ2n) is 5.40. The first-order chi connectivity index (χ1) is 11.7. The molecule has 2 heterocycles. The number of halogens is 2. The maximum Gasteiger partial charge on any atom is 0.191 e. The Morgan fingerprint density at radius 2 is 1.96 bits per heavy atom. The van der Waals surface area contributed by atoms with Gasteiger partial charge in [0, 0.05) is 24.3 Å². The van der Waals surface area contributed by atoms with Crippen LogP contribution in [0.3, 0.4) is 0 Å². The van der Waals surface area contributed by atoms with Crippen molar-refractivity contribution in [2.45, 2.75) is 20.0 Å². The average molecular weight is 515 g/mol. The molecule has 0 saturated heterocycles. The van der Waals surface area contributed by atoms with Crippen LogP contribution < -0.4 is 10.6 Å². The Bertz CT molecular complexity index is 876. The van der Waals surface area contributed by atoms with Gasteiger partial charge in [0.1, 0.15) is 0 Å². The van der Waals surface area contributed by atoms with Gasteiger partial charge in [-0.1, -0.05) is 28.1 Å². The lowest BCUT2D eigenvalue weighted by molar-refractivity contribution is 0.761. The van der Waals surface area contributed by atoms with Crippen molar-refractivity contribution < 1.29 is 0 Å². The Balaban J connectivity index is 0.00000225. The van der Waals surface area contributed by atoms with Crippen molar-refractivity contribution >= 4 is 51.5 Å². The van der Waals surface area contributed by atoms with Crippen LogP contribution in [0.15, 0.2) is 52.1 Å². The number of nitrogens with zero attached hydrogens (tertiary/aromatic N) is 4. The summed E-state index contributed by atoms with van der Waals surface area (Å²) >= 11 is 3.48. The largest absolute Gasteiger partial charge is 0.352 e. The number of aryl methyl sites for hydroxylation is 1. The Hall–Kier alpha value is -1.68. The summed E-state index contributed by atoms with van der Waals surface area (Å²) in [6.45, 7) is 3.35. The predicted molar refractivity (Wildman–Crippen MR) is 114 cm³/mol. The Morgan fingerprint density at radius 1 is 1.16 bits per heavy atom. The molecule has 8 heteroatoms. The van der Waals surface area contributed by atoms with E-state index < -0.39 is 0 Å². The SMILES string of the molecule is CN=C(NCc1ccc(Br)cc1C)NCc1nnc2ccccn12.I. The minimum absolute atomic E-state index is 0. The summed E-state index contributed by atoms with van der Waals surface area (Å²) in [5.41, 5.74) is 3.30. The third-order valence-corrected chi connectivity index (χ3v) is 4.27. The first kappa shape index (κ1) is 19.6. The van der Waals surface area contributed by atoms with Crippen molar-refractivity contribution in [2.24, 2.45) is 4.99 Å². The molecule has 132 valence electrons. The smallest absolute Gasteiger partial charge is 0.191 e. The Morgan fingerprint density at radius 3 is 2.72 bits per heavy atom. The van der Waals surface area contributed by atoms with Gasteiger partial charge >= 0.3 is 0 Å². The fourth-order valence-electron chi connectivity index (χ4n) is 2.43. The van der Waals surface area contributed by atoms with Gasteiger partial charge in [-0.15, -0.1) is 34.2 Å². The van der Waals surface area contributed by atoms with E-state index in [1.165, 1.54) is 11.1 Å². The fraction of sp³-hybridized carbons (Fsp3) is 0.235. The molecule has 0 radical (unpaired) electrons. The number of fused-ring (bicyclic) bond motifs is 1. The van der Waals surface area contributed by atoms with Gasteiger partial charge < -0.3 is 10.6 Å². The van der Waals surface area contributed by atoms with Gasteiger partial charge in [-0.3, -0.25) is 9.39 Å². The first-order valence-corrected chi connectivity index (χ1v) is 8.45. The van der Waals surface area contributed by atoms with Gasteiger partial charge in [0.25, 0.3) is 0 Å². The number of benzene rings is 1. The second-order valence-corrected chi connectivity index (χ2v) is 6.31. The quantitative estimate of drug-likeness (QED) is 0.318. The number of pyridine rings is 1. The lowest BCUT2D eigenvalue weighted by Crippen LogP contribution is -2.36. The third-order valence-electron chi connectivity index (χ3n) is 3.77. The van der Waals surface area contributed by atoms with Crippen LogP contribution in [-0.2, 0) is 13.1 Å². The minimum atomic E-state index is 0. The Labute approximate surface area is 172 Å². The summed E-state index contributed by atoms with van der Waals surface area (Å²) in [7, 11) is 1.76. The lowest BCUT2D eigenvalue weighted by Gasteiger charge is -2.13. The molecule has 0 bridgehead atoms. The van der Waals surface area contributed by atoms with E-state index in [1.54, 1.807) is 7.05 Å². The molecule has 6 nitrogen and oxygen atoms in total. The molecule has 0 aliphatic rings. The molecule has 2 aromatic heterocycles. The normalized spacial score (nSPS) is 11.2. The average Bonchev–Trinajstić information content (AvgIpc) is 3.00. The zero-order valence-electron chi connectivity index (χ0n) is 14.0. The predicted octanol–water partition coefficient (Wildman–Crippen LogP) is 3.28. The molecule has 3 rings (SSSR count). The van der Waals surface area contributed by atoms with Crippen LogP contribution in [0.25, 0.3) is 5.65 Å². The highest BCUT2D eigenvalue weighted by molar-refractivity contribution is 14.0. The number of aliphatic imine (C=N–C) groups is 1. The number of rotatable bonds is 4. The molecule has 0 spiro atoms. The zero-order chi connectivity index (χ0) is 16.9. The van der Waals surface area contributed by atoms with E-state index in [1.807, 2.05) is 34.9 Å². The molecule has 0 unspecified atom stereocenters. The topological polar surface area (TPSA) is 66.6 Å². The minimum Gasteiger partial charge on any atom is -0.352 e. The molecule has 1 aromatic carbocycles. The van der Waals surface area contributed by atoms with Crippen molar-refractivity contribution in [1.82, 2.24) is 25.2 Å². The number of guanidine groups is 1. The molecule has 2 N–H and O–H groups in total. The third kappa shape index (κ3) is 4.91. The number of aromatic nitrogens is 3. The van der Waals surface area contributed by atoms with Crippen LogP contribution in [0, 0.1) is 6.92 Å². The van der Waals surface area contributed by atoms with Gasteiger partial charge in [0.2, 0.25) is 0 Å². The van der Waals surface area contributed by atoms with E-state index in [0.29, 0.717) is 13.1 Å². The summed E-state index contributed by atoms with van der Waals surface area (Å²) in [5, 5.41) is 14.9. The number of hydrogen-bond acceptors (Lipinski definition) is 3. The summed E-state index contributed by atoms with van der Waals surface area (Å²) in [6.07, 6.45) is 1.95. The highest BCUT2D eigenvalue weighted by atomic mass is 127. The highest BCUT2D eigenvalue weighted by Crippen LogP contribution is 2.15. The van der Waals surface area contributed by atoms with E-state index in [9.17, 15) is 0 Å². The summed E-state index contributed by atoms with van der Waals surface area (Å²) in [6, 6.07) is 12.1. The van der Waals surface area contributed by atoms with Gasteiger partial charge in [-0.25, -0.2) is 0 Å². The molecule has 3 aromatic rings. The lowest BCUT2D eigenvalue weighted by atomic mass is 10.1. The van der Waals surface area contributed by atoms with Crippen LogP contribution in [0.4, 0.5) is 0 Å². The fourth-order valence-corrected chi connectivity index (χ4v) is 2.91. The van der Waals surface area contributed by atoms with Crippen molar-refractivity contribution in [3.63, 3.8) is 0 Å². The van der Waals surface area contributed by atoms with E-state index in [4.69, 9.17) is 0 Å². The van der Waals surface area contributed by atoms with Crippen molar-refractivity contribution in [1.29, 1.82) is 0 Å². The molecule has 25 heavy (non-hydrogen) atoms. The van der Waals surface area contributed by atoms with Crippen LogP contribution in [0.5, 0.6) is 0 Å². The van der Waals surface area contributed by atoms with Gasteiger partial charge in [-0.2, -0.15) is 0 Å². The van der Waals surface area contributed by atoms with Crippen molar-refractivity contribution in [2.75, 3.05) is 7.05 Å². The Kier molecular flexibility index (Phi) is 7.18. The number of nitrogens with one attached hydrogen (secondary N) is 2. The summed E-state index contributed by atoms with van der Waals surface area (Å²) < 4.78 is 3.05. The first-order valence-electron chi connectivity index (χ1n) is 7.65. The number of hydrogen-bond donors (Lipinski definition) is 2. The van der Waals surface area contributed by atoms with E-state index in [2.05, 4.69) is 60.8 Å². The van der Waals surface area contributed by atoms with E-state index >= 15 is 0 Å². The maximum atomic E-state index is 4.26. The van der Waals surface area contributed by atoms with Crippen molar-refractivity contribution in [3.8, 4) is 0 Å². The molecule has 0 fully saturated rings. The second kappa shape index (κ2) is 9.14. The molecule has 0 amide bonds. The van der Waals surface area contributed by atoms with Gasteiger partial charge in [0.05, 0.1) is 6.54 Å². The monoisotopic (exact) mass is 514 g/mol. The summed E-state index contributed by atoms with van der Waals surface area (Å²) in [5.74, 6) is 1.57. The van der Waals surface area contributed by atoms with Crippen molar-refractivity contribution in [3.05, 3.63) is 64.0 Å². The standard InChI is InChI=1S/C17H19BrN6.HI/c1-12-9-14(18)7-6-13(12)10-20-17(19-2)21-11-16-23-22-15-5-3-4-8-24(15)16;/h3-9H,10-11H2,1-2H3,(H2,19,20,21);1H. The molecular formula is C17H20BrIN6. The van der Waals surface area contributed by atoms with Crippen LogP contribution in [-0.4, -0.2) is 27.6 Å². The van der Waals surface area contributed by atoms with Gasteiger partial charge in [-0.05, 0) is 42.3 Å². The highest BCUT2D eigenvalue weighted by Gasteiger charge is 2.06. The molecule has 0 aliphatic carbocycles. The maximum absolute atomic E-state index is 4.26. The molecule has 0 atom stereocenters. The molecule has 0 aliphatic heterocycles. The van der Waals surface area contributed by atoms with E-state index in [0.717, 1.165) is 21.9 Å². The van der Waals surface area contributed by atoms with Crippen LogP contribution >= 0.6 is 39.9 Å². The van der Waals surface area contributed by atoms with Crippen LogP contribution in [0.2, 0.25) is 0 Å².